The number of ether oxygens (including phenoxy) is 2. The second kappa shape index (κ2) is 8.69. The van der Waals surface area contributed by atoms with Crippen molar-refractivity contribution in [2.24, 2.45) is 5.92 Å². The Morgan fingerprint density at radius 3 is 2.64 bits per heavy atom. The lowest BCUT2D eigenvalue weighted by molar-refractivity contribution is 0.0199. The third-order valence-electron chi connectivity index (χ3n) is 2.62. The van der Waals surface area contributed by atoms with Gasteiger partial charge in [-0.05, 0) is 31.6 Å². The van der Waals surface area contributed by atoms with Crippen molar-refractivity contribution in [1.82, 2.24) is 0 Å². The van der Waals surface area contributed by atoms with Crippen LogP contribution in [-0.2, 0) is 9.47 Å². The Morgan fingerprint density at radius 2 is 1.93 bits per heavy atom. The SMILES string of the molecule is BrCCCCCOCC1CCOCC1. The smallest absolute Gasteiger partial charge is 0.0495 e. The molecule has 0 unspecified atom stereocenters. The standard InChI is InChI=1S/C11H21BrO2/c12-6-2-1-3-7-14-10-11-4-8-13-9-5-11/h11H,1-10H2. The third-order valence-corrected chi connectivity index (χ3v) is 3.18. The first kappa shape index (κ1) is 12.5. The highest BCUT2D eigenvalue weighted by Gasteiger charge is 2.13. The van der Waals surface area contributed by atoms with Crippen molar-refractivity contribution in [3.63, 3.8) is 0 Å². The highest BCUT2D eigenvalue weighted by atomic mass is 79.9. The van der Waals surface area contributed by atoms with E-state index in [9.17, 15) is 0 Å². The molecule has 2 nitrogen and oxygen atoms in total. The van der Waals surface area contributed by atoms with Gasteiger partial charge in [-0.1, -0.05) is 22.4 Å². The summed E-state index contributed by atoms with van der Waals surface area (Å²) in [6.07, 6.45) is 6.11. The summed E-state index contributed by atoms with van der Waals surface area (Å²) in [7, 11) is 0. The fourth-order valence-electron chi connectivity index (χ4n) is 1.64. The van der Waals surface area contributed by atoms with Crippen LogP contribution in [0.25, 0.3) is 0 Å². The van der Waals surface area contributed by atoms with Crippen molar-refractivity contribution < 1.29 is 9.47 Å². The minimum absolute atomic E-state index is 0.750. The maximum Gasteiger partial charge on any atom is 0.0495 e. The van der Waals surface area contributed by atoms with Gasteiger partial charge in [0, 0.05) is 31.8 Å². The largest absolute Gasteiger partial charge is 0.381 e. The van der Waals surface area contributed by atoms with Crippen molar-refractivity contribution in [1.29, 1.82) is 0 Å². The monoisotopic (exact) mass is 264 g/mol. The second-order valence-corrected chi connectivity index (χ2v) is 4.67. The summed E-state index contributed by atoms with van der Waals surface area (Å²) in [5.74, 6) is 0.750. The molecule has 0 spiro atoms. The van der Waals surface area contributed by atoms with Crippen LogP contribution in [0.2, 0.25) is 0 Å². The third kappa shape index (κ3) is 5.99. The number of halogens is 1. The van der Waals surface area contributed by atoms with Crippen LogP contribution >= 0.6 is 15.9 Å². The molecule has 1 rings (SSSR count). The lowest BCUT2D eigenvalue weighted by Gasteiger charge is -2.21. The van der Waals surface area contributed by atoms with Gasteiger partial charge in [-0.25, -0.2) is 0 Å². The fourth-order valence-corrected chi connectivity index (χ4v) is 2.03. The van der Waals surface area contributed by atoms with Crippen LogP contribution in [0.1, 0.15) is 32.1 Å². The Hall–Kier alpha value is 0.400. The van der Waals surface area contributed by atoms with E-state index in [4.69, 9.17) is 9.47 Å². The summed E-state index contributed by atoms with van der Waals surface area (Å²) in [4.78, 5) is 0. The minimum Gasteiger partial charge on any atom is -0.381 e. The highest BCUT2D eigenvalue weighted by Crippen LogP contribution is 2.14. The Kier molecular flexibility index (Phi) is 7.74. The van der Waals surface area contributed by atoms with Gasteiger partial charge >= 0.3 is 0 Å². The summed E-state index contributed by atoms with van der Waals surface area (Å²) in [5, 5.41) is 1.12. The Balaban J connectivity index is 1.82. The predicted molar refractivity (Wildman–Crippen MR) is 62.0 cm³/mol. The van der Waals surface area contributed by atoms with Crippen LogP contribution in [0.4, 0.5) is 0 Å². The summed E-state index contributed by atoms with van der Waals surface area (Å²) < 4.78 is 10.9. The Bertz CT molecular complexity index is 124. The fraction of sp³-hybridized carbons (Fsp3) is 1.00. The number of hydrogen-bond acceptors (Lipinski definition) is 2. The number of rotatable bonds is 7. The molecule has 1 fully saturated rings. The lowest BCUT2D eigenvalue weighted by Crippen LogP contribution is -2.20. The van der Waals surface area contributed by atoms with Gasteiger partial charge in [0.05, 0.1) is 0 Å². The van der Waals surface area contributed by atoms with Crippen LogP contribution in [0.3, 0.4) is 0 Å². The van der Waals surface area contributed by atoms with Crippen LogP contribution in [0.15, 0.2) is 0 Å². The van der Waals surface area contributed by atoms with Gasteiger partial charge < -0.3 is 9.47 Å². The van der Waals surface area contributed by atoms with Crippen molar-refractivity contribution in [2.45, 2.75) is 32.1 Å². The zero-order valence-corrected chi connectivity index (χ0v) is 10.4. The van der Waals surface area contributed by atoms with E-state index in [0.717, 1.165) is 37.7 Å². The number of alkyl halides is 1. The van der Waals surface area contributed by atoms with Crippen molar-refractivity contribution in [3.8, 4) is 0 Å². The molecule has 14 heavy (non-hydrogen) atoms. The molecule has 1 aliphatic rings. The van der Waals surface area contributed by atoms with E-state index in [2.05, 4.69) is 15.9 Å². The summed E-state index contributed by atoms with van der Waals surface area (Å²) in [5.41, 5.74) is 0. The highest BCUT2D eigenvalue weighted by molar-refractivity contribution is 9.09. The summed E-state index contributed by atoms with van der Waals surface area (Å²) in [6.45, 7) is 3.73. The van der Waals surface area contributed by atoms with Crippen LogP contribution in [-0.4, -0.2) is 31.8 Å². The average Bonchev–Trinajstić information content (AvgIpc) is 2.25. The molecule has 0 aromatic rings. The molecule has 0 atom stereocenters. The van der Waals surface area contributed by atoms with Crippen molar-refractivity contribution in [2.75, 3.05) is 31.8 Å². The van der Waals surface area contributed by atoms with Crippen LogP contribution in [0, 0.1) is 5.92 Å². The molecular weight excluding hydrogens is 244 g/mol. The van der Waals surface area contributed by atoms with Gasteiger partial charge in [-0.15, -0.1) is 0 Å². The van der Waals surface area contributed by atoms with Gasteiger partial charge in [0.2, 0.25) is 0 Å². The maximum atomic E-state index is 5.65. The predicted octanol–water partition coefficient (Wildman–Crippen LogP) is 2.99. The lowest BCUT2D eigenvalue weighted by atomic mass is 10.0. The van der Waals surface area contributed by atoms with E-state index in [0.29, 0.717) is 0 Å². The molecule has 84 valence electrons. The first-order chi connectivity index (χ1) is 6.93. The summed E-state index contributed by atoms with van der Waals surface area (Å²) >= 11 is 3.43. The second-order valence-electron chi connectivity index (χ2n) is 3.88. The van der Waals surface area contributed by atoms with E-state index in [1.54, 1.807) is 0 Å². The molecule has 0 aliphatic carbocycles. The summed E-state index contributed by atoms with van der Waals surface area (Å²) in [6, 6.07) is 0. The van der Waals surface area contributed by atoms with Crippen LogP contribution < -0.4 is 0 Å². The van der Waals surface area contributed by atoms with E-state index >= 15 is 0 Å². The molecule has 0 amide bonds. The van der Waals surface area contributed by atoms with Gasteiger partial charge in [0.1, 0.15) is 0 Å². The average molecular weight is 265 g/mol. The molecule has 0 radical (unpaired) electrons. The molecule has 0 aromatic carbocycles. The molecule has 1 heterocycles. The molecule has 0 bridgehead atoms. The maximum absolute atomic E-state index is 5.65. The molecule has 1 aliphatic heterocycles. The topological polar surface area (TPSA) is 18.5 Å². The number of hydrogen-bond donors (Lipinski definition) is 0. The van der Waals surface area contributed by atoms with E-state index < -0.39 is 0 Å². The minimum atomic E-state index is 0.750. The Morgan fingerprint density at radius 1 is 1.14 bits per heavy atom. The van der Waals surface area contributed by atoms with Crippen molar-refractivity contribution >= 4 is 15.9 Å². The molecule has 3 heteroatoms. The normalized spacial score (nSPS) is 18.6. The molecule has 0 aromatic heterocycles. The van der Waals surface area contributed by atoms with Crippen molar-refractivity contribution in [3.05, 3.63) is 0 Å². The van der Waals surface area contributed by atoms with Gasteiger partial charge in [0.25, 0.3) is 0 Å². The van der Waals surface area contributed by atoms with Gasteiger partial charge in [0.15, 0.2) is 0 Å². The molecule has 0 N–H and O–H groups in total. The first-order valence-corrected chi connectivity index (χ1v) is 6.77. The Labute approximate surface area is 95.5 Å². The van der Waals surface area contributed by atoms with E-state index in [1.165, 1.54) is 32.1 Å². The first-order valence-electron chi connectivity index (χ1n) is 5.65. The quantitative estimate of drug-likeness (QED) is 0.520. The van der Waals surface area contributed by atoms with Crippen LogP contribution in [0.5, 0.6) is 0 Å². The van der Waals surface area contributed by atoms with Gasteiger partial charge in [-0.2, -0.15) is 0 Å². The zero-order valence-electron chi connectivity index (χ0n) is 8.84. The zero-order chi connectivity index (χ0) is 10.1. The van der Waals surface area contributed by atoms with E-state index in [-0.39, 0.29) is 0 Å². The molecule has 1 saturated heterocycles. The van der Waals surface area contributed by atoms with E-state index in [1.807, 2.05) is 0 Å². The number of unbranched alkanes of at least 4 members (excludes halogenated alkanes) is 2. The molecule has 0 saturated carbocycles. The molecular formula is C11H21BrO2. The van der Waals surface area contributed by atoms with Gasteiger partial charge in [-0.3, -0.25) is 0 Å².